The molecule has 0 aliphatic heterocycles. The zero-order valence-corrected chi connectivity index (χ0v) is 11.9. The van der Waals surface area contributed by atoms with Gasteiger partial charge in [0, 0.05) is 4.47 Å². The summed E-state index contributed by atoms with van der Waals surface area (Å²) in [5, 5.41) is 0.612. The molecule has 0 fully saturated rings. The van der Waals surface area contributed by atoms with E-state index in [1.807, 2.05) is 42.5 Å². The van der Waals surface area contributed by atoms with E-state index < -0.39 is 0 Å². The van der Waals surface area contributed by atoms with Gasteiger partial charge < -0.3 is 9.47 Å². The van der Waals surface area contributed by atoms with Gasteiger partial charge in [0.15, 0.2) is 0 Å². The summed E-state index contributed by atoms with van der Waals surface area (Å²) in [4.78, 5) is 0. The Bertz CT molecular complexity index is 499. The number of hydrogen-bond acceptors (Lipinski definition) is 2. The van der Waals surface area contributed by atoms with Gasteiger partial charge in [-0.1, -0.05) is 39.7 Å². The van der Waals surface area contributed by atoms with Crippen LogP contribution in [-0.2, 0) is 0 Å². The third kappa shape index (κ3) is 3.93. The third-order valence-corrected chi connectivity index (χ3v) is 3.10. The number of benzene rings is 2. The Morgan fingerprint density at radius 2 is 1.56 bits per heavy atom. The van der Waals surface area contributed by atoms with E-state index in [1.54, 1.807) is 6.07 Å². The average molecular weight is 328 g/mol. The summed E-state index contributed by atoms with van der Waals surface area (Å²) in [5.41, 5.74) is 0. The fourth-order valence-corrected chi connectivity index (χ4v) is 1.86. The molecule has 0 radical (unpaired) electrons. The average Bonchev–Trinajstić information content (AvgIpc) is 2.39. The van der Waals surface area contributed by atoms with Crippen molar-refractivity contribution in [2.45, 2.75) is 0 Å². The molecule has 2 aromatic carbocycles. The van der Waals surface area contributed by atoms with Crippen LogP contribution in [-0.4, -0.2) is 13.2 Å². The highest BCUT2D eigenvalue weighted by Gasteiger charge is 1.99. The van der Waals surface area contributed by atoms with Crippen LogP contribution < -0.4 is 9.47 Å². The summed E-state index contributed by atoms with van der Waals surface area (Å²) in [6.07, 6.45) is 0. The molecule has 0 spiro atoms. The second-order valence-electron chi connectivity index (χ2n) is 3.58. The van der Waals surface area contributed by atoms with Gasteiger partial charge >= 0.3 is 0 Å². The van der Waals surface area contributed by atoms with E-state index in [0.717, 1.165) is 10.2 Å². The van der Waals surface area contributed by atoms with Crippen LogP contribution >= 0.6 is 27.5 Å². The first-order chi connectivity index (χ1) is 8.75. The molecule has 0 N–H and O–H groups in total. The maximum absolute atomic E-state index is 5.97. The minimum atomic E-state index is 0.458. The summed E-state index contributed by atoms with van der Waals surface area (Å²) in [7, 11) is 0. The molecule has 2 nitrogen and oxygen atoms in total. The number of rotatable bonds is 5. The molecule has 0 aliphatic rings. The Balaban J connectivity index is 1.76. The van der Waals surface area contributed by atoms with E-state index in [0.29, 0.717) is 24.0 Å². The van der Waals surface area contributed by atoms with Crippen molar-refractivity contribution < 1.29 is 9.47 Å². The normalized spacial score (nSPS) is 10.1. The molecule has 94 valence electrons. The Labute approximate surface area is 120 Å². The maximum Gasteiger partial charge on any atom is 0.138 e. The second kappa shape index (κ2) is 6.66. The molecule has 2 rings (SSSR count). The van der Waals surface area contributed by atoms with Crippen LogP contribution in [0.2, 0.25) is 5.02 Å². The largest absolute Gasteiger partial charge is 0.490 e. The van der Waals surface area contributed by atoms with Gasteiger partial charge in [-0.15, -0.1) is 0 Å². The molecule has 0 aromatic heterocycles. The van der Waals surface area contributed by atoms with E-state index in [2.05, 4.69) is 15.9 Å². The minimum absolute atomic E-state index is 0.458. The highest BCUT2D eigenvalue weighted by Crippen LogP contribution is 2.23. The van der Waals surface area contributed by atoms with Crippen LogP contribution in [0.5, 0.6) is 11.5 Å². The van der Waals surface area contributed by atoms with Gasteiger partial charge in [0.25, 0.3) is 0 Å². The molecule has 0 amide bonds. The van der Waals surface area contributed by atoms with Crippen molar-refractivity contribution in [2.75, 3.05) is 13.2 Å². The zero-order valence-electron chi connectivity index (χ0n) is 9.61. The Kier molecular flexibility index (Phi) is 4.90. The Morgan fingerprint density at radius 3 is 2.28 bits per heavy atom. The van der Waals surface area contributed by atoms with Gasteiger partial charge in [0.2, 0.25) is 0 Å². The Hall–Kier alpha value is -1.19. The third-order valence-electron chi connectivity index (χ3n) is 2.26. The summed E-state index contributed by atoms with van der Waals surface area (Å²) >= 11 is 9.34. The molecule has 0 aliphatic carbocycles. The summed E-state index contributed by atoms with van der Waals surface area (Å²) < 4.78 is 12.1. The number of para-hydroxylation sites is 1. The molecule has 0 saturated heterocycles. The van der Waals surface area contributed by atoms with Crippen molar-refractivity contribution >= 4 is 27.5 Å². The van der Waals surface area contributed by atoms with Crippen LogP contribution in [0.25, 0.3) is 0 Å². The minimum Gasteiger partial charge on any atom is -0.490 e. The van der Waals surface area contributed by atoms with E-state index in [1.165, 1.54) is 0 Å². The molecule has 2 aromatic rings. The smallest absolute Gasteiger partial charge is 0.138 e. The van der Waals surface area contributed by atoms with Gasteiger partial charge in [-0.2, -0.15) is 0 Å². The number of halogens is 2. The fraction of sp³-hybridized carbons (Fsp3) is 0.143. The van der Waals surface area contributed by atoms with Crippen LogP contribution in [0, 0.1) is 0 Å². The van der Waals surface area contributed by atoms with E-state index in [4.69, 9.17) is 21.1 Å². The summed E-state index contributed by atoms with van der Waals surface area (Å²) in [6.45, 7) is 0.937. The Morgan fingerprint density at radius 1 is 0.889 bits per heavy atom. The molecular formula is C14H12BrClO2. The van der Waals surface area contributed by atoms with Gasteiger partial charge in [-0.3, -0.25) is 0 Å². The van der Waals surface area contributed by atoms with Crippen LogP contribution in [0.3, 0.4) is 0 Å². The molecule has 0 bridgehead atoms. The zero-order chi connectivity index (χ0) is 12.8. The summed E-state index contributed by atoms with van der Waals surface area (Å²) in [6, 6.07) is 15.1. The predicted octanol–water partition coefficient (Wildman–Crippen LogP) is 4.56. The highest BCUT2D eigenvalue weighted by atomic mass is 79.9. The van der Waals surface area contributed by atoms with Crippen molar-refractivity contribution in [3.63, 3.8) is 0 Å². The van der Waals surface area contributed by atoms with Crippen molar-refractivity contribution in [2.24, 2.45) is 0 Å². The van der Waals surface area contributed by atoms with E-state index in [-0.39, 0.29) is 0 Å². The lowest BCUT2D eigenvalue weighted by Crippen LogP contribution is -2.09. The van der Waals surface area contributed by atoms with Gasteiger partial charge in [0.1, 0.15) is 24.7 Å². The molecular weight excluding hydrogens is 316 g/mol. The standard InChI is InChI=1S/C14H12BrClO2/c15-11-5-7-12(8-6-11)17-9-10-18-14-4-2-1-3-13(14)16/h1-8H,9-10H2. The maximum atomic E-state index is 5.97. The van der Waals surface area contributed by atoms with Crippen LogP contribution in [0.1, 0.15) is 0 Å². The van der Waals surface area contributed by atoms with Gasteiger partial charge in [0.05, 0.1) is 5.02 Å². The molecule has 0 saturated carbocycles. The first-order valence-corrected chi connectivity index (χ1v) is 6.68. The quantitative estimate of drug-likeness (QED) is 0.750. The topological polar surface area (TPSA) is 18.5 Å². The SMILES string of the molecule is Clc1ccccc1OCCOc1ccc(Br)cc1. The lowest BCUT2D eigenvalue weighted by Gasteiger charge is -2.09. The fourth-order valence-electron chi connectivity index (χ4n) is 1.40. The number of ether oxygens (including phenoxy) is 2. The summed E-state index contributed by atoms with van der Waals surface area (Å²) in [5.74, 6) is 1.50. The van der Waals surface area contributed by atoms with Crippen molar-refractivity contribution in [3.05, 3.63) is 58.0 Å². The molecule has 0 atom stereocenters. The molecule has 0 unspecified atom stereocenters. The van der Waals surface area contributed by atoms with Gasteiger partial charge in [-0.25, -0.2) is 0 Å². The van der Waals surface area contributed by atoms with Gasteiger partial charge in [-0.05, 0) is 36.4 Å². The highest BCUT2D eigenvalue weighted by molar-refractivity contribution is 9.10. The lowest BCUT2D eigenvalue weighted by atomic mass is 10.3. The van der Waals surface area contributed by atoms with Crippen LogP contribution in [0.4, 0.5) is 0 Å². The molecule has 0 heterocycles. The predicted molar refractivity (Wildman–Crippen MR) is 76.6 cm³/mol. The van der Waals surface area contributed by atoms with Crippen molar-refractivity contribution in [3.8, 4) is 11.5 Å². The first-order valence-electron chi connectivity index (χ1n) is 5.51. The molecule has 4 heteroatoms. The first kappa shape index (κ1) is 13.2. The van der Waals surface area contributed by atoms with Crippen molar-refractivity contribution in [1.82, 2.24) is 0 Å². The second-order valence-corrected chi connectivity index (χ2v) is 4.90. The molecule has 18 heavy (non-hydrogen) atoms. The van der Waals surface area contributed by atoms with E-state index in [9.17, 15) is 0 Å². The monoisotopic (exact) mass is 326 g/mol. The van der Waals surface area contributed by atoms with Crippen molar-refractivity contribution in [1.29, 1.82) is 0 Å². The van der Waals surface area contributed by atoms with Crippen LogP contribution in [0.15, 0.2) is 53.0 Å². The van der Waals surface area contributed by atoms with E-state index >= 15 is 0 Å². The lowest BCUT2D eigenvalue weighted by molar-refractivity contribution is 0.217. The number of hydrogen-bond donors (Lipinski definition) is 0.